The summed E-state index contributed by atoms with van der Waals surface area (Å²) in [5, 5.41) is 5.95. The molecular formula is C14H14N2O2S. The van der Waals surface area contributed by atoms with Crippen molar-refractivity contribution in [2.45, 2.75) is 6.92 Å². The molecule has 5 heteroatoms. The number of hydrogen-bond donors (Lipinski definition) is 1. The molecule has 0 aliphatic rings. The van der Waals surface area contributed by atoms with Crippen molar-refractivity contribution in [2.75, 3.05) is 7.11 Å². The second kappa shape index (κ2) is 6.15. The Bertz CT molecular complexity index is 591. The minimum atomic E-state index is -0.197. The second-order valence-corrected chi connectivity index (χ2v) is 4.80. The first-order valence-electron chi connectivity index (χ1n) is 5.73. The largest absolute Gasteiger partial charge is 0.497 e. The molecule has 0 saturated carbocycles. The molecule has 0 bridgehead atoms. The molecule has 98 valence electrons. The third-order valence-corrected chi connectivity index (χ3v) is 3.43. The Hall–Kier alpha value is -2.14. The average Bonchev–Trinajstić information content (AvgIpc) is 2.98. The highest BCUT2D eigenvalue weighted by Gasteiger charge is 2.05. The first-order valence-corrected chi connectivity index (χ1v) is 6.61. The van der Waals surface area contributed by atoms with E-state index in [4.69, 9.17) is 4.74 Å². The summed E-state index contributed by atoms with van der Waals surface area (Å²) in [6.07, 6.45) is 0. The molecule has 0 unspecified atom stereocenters. The zero-order chi connectivity index (χ0) is 13.7. The van der Waals surface area contributed by atoms with E-state index in [9.17, 15) is 4.79 Å². The van der Waals surface area contributed by atoms with Crippen molar-refractivity contribution in [3.05, 3.63) is 52.2 Å². The summed E-state index contributed by atoms with van der Waals surface area (Å²) in [6.45, 7) is 1.84. The molecule has 1 aromatic carbocycles. The number of thiophene rings is 1. The summed E-state index contributed by atoms with van der Waals surface area (Å²) in [5.41, 5.74) is 4.17. The van der Waals surface area contributed by atoms with Crippen molar-refractivity contribution >= 4 is 23.0 Å². The molecule has 2 aromatic rings. The lowest BCUT2D eigenvalue weighted by Crippen LogP contribution is -2.18. The van der Waals surface area contributed by atoms with Crippen LogP contribution in [-0.2, 0) is 0 Å². The van der Waals surface area contributed by atoms with Crippen LogP contribution in [0.1, 0.15) is 22.2 Å². The van der Waals surface area contributed by atoms with Crippen LogP contribution >= 0.6 is 11.3 Å². The van der Waals surface area contributed by atoms with Crippen molar-refractivity contribution < 1.29 is 9.53 Å². The minimum Gasteiger partial charge on any atom is -0.497 e. The zero-order valence-corrected chi connectivity index (χ0v) is 11.5. The Balaban J connectivity index is 2.08. The van der Waals surface area contributed by atoms with Gasteiger partial charge in [-0.05, 0) is 30.5 Å². The molecule has 1 heterocycles. The smallest absolute Gasteiger partial charge is 0.281 e. The van der Waals surface area contributed by atoms with Gasteiger partial charge in [-0.15, -0.1) is 11.3 Å². The van der Waals surface area contributed by atoms with Gasteiger partial charge in [0.1, 0.15) is 5.75 Å². The van der Waals surface area contributed by atoms with Crippen LogP contribution in [0.25, 0.3) is 0 Å². The van der Waals surface area contributed by atoms with E-state index in [0.29, 0.717) is 4.88 Å². The number of nitrogens with one attached hydrogen (secondary N) is 1. The Labute approximate surface area is 115 Å². The van der Waals surface area contributed by atoms with Gasteiger partial charge in [0.25, 0.3) is 5.91 Å². The number of carbonyl (C=O) groups is 1. The van der Waals surface area contributed by atoms with Gasteiger partial charge in [-0.25, -0.2) is 5.43 Å². The van der Waals surface area contributed by atoms with E-state index in [1.807, 2.05) is 42.6 Å². The van der Waals surface area contributed by atoms with E-state index in [-0.39, 0.29) is 5.91 Å². The lowest BCUT2D eigenvalue weighted by atomic mass is 10.1. The molecule has 0 aliphatic heterocycles. The lowest BCUT2D eigenvalue weighted by molar-refractivity contribution is 0.0959. The molecule has 1 aromatic heterocycles. The van der Waals surface area contributed by atoms with Crippen molar-refractivity contribution in [1.29, 1.82) is 0 Å². The minimum absolute atomic E-state index is 0.197. The van der Waals surface area contributed by atoms with Crippen LogP contribution in [0.15, 0.2) is 46.9 Å². The molecule has 19 heavy (non-hydrogen) atoms. The van der Waals surface area contributed by atoms with Crippen LogP contribution in [0, 0.1) is 0 Å². The van der Waals surface area contributed by atoms with Crippen LogP contribution in [0.2, 0.25) is 0 Å². The van der Waals surface area contributed by atoms with Crippen LogP contribution in [-0.4, -0.2) is 18.7 Å². The molecule has 4 nitrogen and oxygen atoms in total. The van der Waals surface area contributed by atoms with E-state index in [1.165, 1.54) is 11.3 Å². The van der Waals surface area contributed by atoms with Crippen molar-refractivity contribution in [3.63, 3.8) is 0 Å². The fourth-order valence-electron chi connectivity index (χ4n) is 1.51. The van der Waals surface area contributed by atoms with E-state index < -0.39 is 0 Å². The first kappa shape index (κ1) is 13.3. The maximum atomic E-state index is 11.7. The number of hydrazone groups is 1. The first-order chi connectivity index (χ1) is 9.20. The van der Waals surface area contributed by atoms with E-state index in [2.05, 4.69) is 10.5 Å². The van der Waals surface area contributed by atoms with Gasteiger partial charge in [-0.3, -0.25) is 4.79 Å². The summed E-state index contributed by atoms with van der Waals surface area (Å²) in [5.74, 6) is 0.564. The van der Waals surface area contributed by atoms with Crippen molar-refractivity contribution in [3.8, 4) is 5.75 Å². The summed E-state index contributed by atoms with van der Waals surface area (Å²) in [6, 6.07) is 11.1. The Morgan fingerprint density at radius 3 is 2.84 bits per heavy atom. The number of methoxy groups -OCH3 is 1. The standard InChI is InChI=1S/C14H14N2O2S/c1-10(11-5-3-6-12(9-11)18-2)15-16-14(17)13-7-4-8-19-13/h3-9H,1-2H3,(H,16,17)/b15-10+. The Morgan fingerprint density at radius 1 is 1.32 bits per heavy atom. The summed E-state index contributed by atoms with van der Waals surface area (Å²) >= 11 is 1.38. The van der Waals surface area contributed by atoms with Gasteiger partial charge in [0, 0.05) is 5.56 Å². The monoisotopic (exact) mass is 274 g/mol. The van der Waals surface area contributed by atoms with Gasteiger partial charge < -0.3 is 4.74 Å². The lowest BCUT2D eigenvalue weighted by Gasteiger charge is -2.04. The van der Waals surface area contributed by atoms with E-state index >= 15 is 0 Å². The fourth-order valence-corrected chi connectivity index (χ4v) is 2.12. The third kappa shape index (κ3) is 3.42. The van der Waals surface area contributed by atoms with E-state index in [1.54, 1.807) is 13.2 Å². The second-order valence-electron chi connectivity index (χ2n) is 3.85. The Kier molecular flexibility index (Phi) is 4.30. The normalized spacial score (nSPS) is 11.2. The zero-order valence-electron chi connectivity index (χ0n) is 10.7. The van der Waals surface area contributed by atoms with Gasteiger partial charge in [0.2, 0.25) is 0 Å². The quantitative estimate of drug-likeness (QED) is 0.688. The highest BCUT2D eigenvalue weighted by atomic mass is 32.1. The van der Waals surface area contributed by atoms with Gasteiger partial charge in [-0.2, -0.15) is 5.10 Å². The fraction of sp³-hybridized carbons (Fsp3) is 0.143. The maximum absolute atomic E-state index is 11.7. The van der Waals surface area contributed by atoms with Crippen LogP contribution in [0.3, 0.4) is 0 Å². The van der Waals surface area contributed by atoms with E-state index in [0.717, 1.165) is 17.0 Å². The molecule has 0 spiro atoms. The van der Waals surface area contributed by atoms with Crippen molar-refractivity contribution in [2.24, 2.45) is 5.10 Å². The average molecular weight is 274 g/mol. The predicted octanol–water partition coefficient (Wildman–Crippen LogP) is 2.91. The number of rotatable bonds is 4. The molecular weight excluding hydrogens is 260 g/mol. The van der Waals surface area contributed by atoms with Crippen LogP contribution in [0.4, 0.5) is 0 Å². The Morgan fingerprint density at radius 2 is 2.16 bits per heavy atom. The molecule has 0 aliphatic carbocycles. The van der Waals surface area contributed by atoms with Gasteiger partial charge in [0.05, 0.1) is 17.7 Å². The third-order valence-electron chi connectivity index (χ3n) is 2.56. The van der Waals surface area contributed by atoms with Crippen LogP contribution in [0.5, 0.6) is 5.75 Å². The summed E-state index contributed by atoms with van der Waals surface area (Å²) in [4.78, 5) is 12.4. The molecule has 0 atom stereocenters. The molecule has 0 fully saturated rings. The van der Waals surface area contributed by atoms with Gasteiger partial charge in [-0.1, -0.05) is 18.2 Å². The summed E-state index contributed by atoms with van der Waals surface area (Å²) < 4.78 is 5.15. The number of nitrogens with zero attached hydrogens (tertiary/aromatic N) is 1. The molecule has 2 rings (SSSR count). The number of benzene rings is 1. The number of amides is 1. The summed E-state index contributed by atoms with van der Waals surface area (Å²) in [7, 11) is 1.62. The van der Waals surface area contributed by atoms with Gasteiger partial charge in [0.15, 0.2) is 0 Å². The maximum Gasteiger partial charge on any atom is 0.281 e. The molecule has 1 amide bonds. The number of carbonyl (C=O) groups excluding carboxylic acids is 1. The predicted molar refractivity (Wildman–Crippen MR) is 77.0 cm³/mol. The van der Waals surface area contributed by atoms with Gasteiger partial charge >= 0.3 is 0 Å². The van der Waals surface area contributed by atoms with Crippen molar-refractivity contribution in [1.82, 2.24) is 5.43 Å². The highest BCUT2D eigenvalue weighted by molar-refractivity contribution is 7.12. The molecule has 0 radical (unpaired) electrons. The number of hydrogen-bond acceptors (Lipinski definition) is 4. The topological polar surface area (TPSA) is 50.7 Å². The number of ether oxygens (including phenoxy) is 1. The molecule has 1 N–H and O–H groups in total. The molecule has 0 saturated heterocycles. The highest BCUT2D eigenvalue weighted by Crippen LogP contribution is 2.13. The van der Waals surface area contributed by atoms with Crippen LogP contribution < -0.4 is 10.2 Å². The SMILES string of the molecule is COc1cccc(/C(C)=N/NC(=O)c2cccs2)c1.